The third-order valence-corrected chi connectivity index (χ3v) is 5.14. The molecule has 0 radical (unpaired) electrons. The maximum atomic E-state index is 12.7. The predicted octanol–water partition coefficient (Wildman–Crippen LogP) is 0.537. The molecule has 0 bridgehead atoms. The second-order valence-electron chi connectivity index (χ2n) is 6.25. The smallest absolute Gasteiger partial charge is 0.227 e. The fourth-order valence-corrected chi connectivity index (χ4v) is 4.25. The van der Waals surface area contributed by atoms with Crippen LogP contribution >= 0.6 is 0 Å². The van der Waals surface area contributed by atoms with Gasteiger partial charge in [0.25, 0.3) is 0 Å². The molecule has 2 aliphatic rings. The lowest BCUT2D eigenvalue weighted by atomic mass is 10.0. The summed E-state index contributed by atoms with van der Waals surface area (Å²) < 4.78 is 31.5. The van der Waals surface area contributed by atoms with Crippen molar-refractivity contribution in [3.8, 4) is 0 Å². The van der Waals surface area contributed by atoms with Crippen LogP contribution in [0.5, 0.6) is 0 Å². The highest BCUT2D eigenvalue weighted by molar-refractivity contribution is 7.88. The minimum atomic E-state index is -3.33. The molecule has 126 valence electrons. The first-order chi connectivity index (χ1) is 10.9. The van der Waals surface area contributed by atoms with Crippen molar-refractivity contribution in [3.63, 3.8) is 0 Å². The van der Waals surface area contributed by atoms with Crippen LogP contribution in [-0.4, -0.2) is 56.8 Å². The van der Waals surface area contributed by atoms with Gasteiger partial charge in [-0.15, -0.1) is 0 Å². The van der Waals surface area contributed by atoms with E-state index in [1.54, 1.807) is 4.90 Å². The van der Waals surface area contributed by atoms with E-state index in [1.165, 1.54) is 0 Å². The molecule has 1 N–H and O–H groups in total. The van der Waals surface area contributed by atoms with Crippen LogP contribution in [-0.2, 0) is 26.0 Å². The summed E-state index contributed by atoms with van der Waals surface area (Å²) in [5.41, 5.74) is 0.963. The largest absolute Gasteiger partial charge is 0.374 e. The summed E-state index contributed by atoms with van der Waals surface area (Å²) >= 11 is 0. The SMILES string of the molecule is CS(=O)(=O)N[C@H]1CN(C(=O)Cc2ccccc2)[C@@H]2CCCO[C@H]12. The molecule has 0 saturated carbocycles. The quantitative estimate of drug-likeness (QED) is 0.869. The molecule has 2 fully saturated rings. The van der Waals surface area contributed by atoms with Gasteiger partial charge < -0.3 is 9.64 Å². The molecule has 6 nitrogen and oxygen atoms in total. The fourth-order valence-electron chi connectivity index (χ4n) is 3.49. The van der Waals surface area contributed by atoms with Gasteiger partial charge in [-0.2, -0.15) is 0 Å². The number of likely N-dealkylation sites (tertiary alicyclic amines) is 1. The van der Waals surface area contributed by atoms with E-state index < -0.39 is 10.0 Å². The Bertz CT molecular complexity index is 662. The molecule has 2 saturated heterocycles. The van der Waals surface area contributed by atoms with E-state index in [9.17, 15) is 13.2 Å². The van der Waals surface area contributed by atoms with Gasteiger partial charge in [0.15, 0.2) is 0 Å². The molecular formula is C16H22N2O4S. The predicted molar refractivity (Wildman–Crippen MR) is 86.4 cm³/mol. The summed E-state index contributed by atoms with van der Waals surface area (Å²) in [5.74, 6) is 0.0227. The van der Waals surface area contributed by atoms with Gasteiger partial charge in [-0.25, -0.2) is 13.1 Å². The Morgan fingerprint density at radius 2 is 2.09 bits per heavy atom. The average molecular weight is 338 g/mol. The molecule has 1 amide bonds. The minimum Gasteiger partial charge on any atom is -0.374 e. The molecule has 3 rings (SSSR count). The van der Waals surface area contributed by atoms with Crippen LogP contribution < -0.4 is 4.72 Å². The monoisotopic (exact) mass is 338 g/mol. The maximum absolute atomic E-state index is 12.7. The van der Waals surface area contributed by atoms with Crippen molar-refractivity contribution >= 4 is 15.9 Å². The number of fused-ring (bicyclic) bond motifs is 1. The van der Waals surface area contributed by atoms with Gasteiger partial charge in [-0.3, -0.25) is 4.79 Å². The fraction of sp³-hybridized carbons (Fsp3) is 0.562. The Morgan fingerprint density at radius 3 is 2.78 bits per heavy atom. The van der Waals surface area contributed by atoms with Crippen molar-refractivity contribution in [3.05, 3.63) is 35.9 Å². The first-order valence-electron chi connectivity index (χ1n) is 7.86. The van der Waals surface area contributed by atoms with Crippen molar-refractivity contribution in [2.45, 2.75) is 37.5 Å². The van der Waals surface area contributed by atoms with E-state index in [4.69, 9.17) is 4.74 Å². The molecule has 0 aliphatic carbocycles. The summed E-state index contributed by atoms with van der Waals surface area (Å²) in [5, 5.41) is 0. The van der Waals surface area contributed by atoms with E-state index in [2.05, 4.69) is 4.72 Å². The van der Waals surface area contributed by atoms with Crippen molar-refractivity contribution in [2.75, 3.05) is 19.4 Å². The molecule has 1 aromatic carbocycles. The summed E-state index contributed by atoms with van der Waals surface area (Å²) in [6.07, 6.45) is 2.96. The molecular weight excluding hydrogens is 316 g/mol. The van der Waals surface area contributed by atoms with Crippen LogP contribution in [0.1, 0.15) is 18.4 Å². The number of rotatable bonds is 4. The van der Waals surface area contributed by atoms with Gasteiger partial charge in [0.1, 0.15) is 0 Å². The molecule has 0 spiro atoms. The lowest BCUT2D eigenvalue weighted by Gasteiger charge is -2.32. The second-order valence-corrected chi connectivity index (χ2v) is 8.03. The Morgan fingerprint density at radius 1 is 1.35 bits per heavy atom. The van der Waals surface area contributed by atoms with Gasteiger partial charge in [0.05, 0.1) is 30.9 Å². The number of nitrogens with one attached hydrogen (secondary N) is 1. The molecule has 7 heteroatoms. The van der Waals surface area contributed by atoms with Gasteiger partial charge in [0.2, 0.25) is 15.9 Å². The summed E-state index contributed by atoms with van der Waals surface area (Å²) in [4.78, 5) is 14.5. The van der Waals surface area contributed by atoms with Gasteiger partial charge in [-0.05, 0) is 18.4 Å². The number of sulfonamides is 1. The number of hydrogen-bond acceptors (Lipinski definition) is 4. The Kier molecular flexibility index (Phi) is 4.70. The molecule has 2 aliphatic heterocycles. The number of nitrogens with zero attached hydrogens (tertiary/aromatic N) is 1. The number of ether oxygens (including phenoxy) is 1. The molecule has 0 unspecified atom stereocenters. The van der Waals surface area contributed by atoms with Crippen LogP contribution in [0, 0.1) is 0 Å². The van der Waals surface area contributed by atoms with Gasteiger partial charge >= 0.3 is 0 Å². The third kappa shape index (κ3) is 3.91. The Hall–Kier alpha value is -1.44. The standard InChI is InChI=1S/C16H22N2O4S/c1-23(20,21)17-13-11-18(14-8-5-9-22-16(13)14)15(19)10-12-6-3-2-4-7-12/h2-4,6-7,13-14,16-17H,5,8-11H2,1H3/t13-,14+,16+/m0/s1. The lowest BCUT2D eigenvalue weighted by Crippen LogP contribution is -2.47. The molecule has 0 aromatic heterocycles. The van der Waals surface area contributed by atoms with E-state index in [0.717, 1.165) is 24.7 Å². The summed E-state index contributed by atoms with van der Waals surface area (Å²) in [6, 6.07) is 9.18. The van der Waals surface area contributed by atoms with Crippen LogP contribution in [0.3, 0.4) is 0 Å². The van der Waals surface area contributed by atoms with Gasteiger partial charge in [-0.1, -0.05) is 30.3 Å². The van der Waals surface area contributed by atoms with Crippen LogP contribution in [0.4, 0.5) is 0 Å². The van der Waals surface area contributed by atoms with E-state index in [1.807, 2.05) is 30.3 Å². The van der Waals surface area contributed by atoms with Crippen molar-refractivity contribution in [1.29, 1.82) is 0 Å². The number of hydrogen-bond donors (Lipinski definition) is 1. The number of carbonyl (C=O) groups excluding carboxylic acids is 1. The summed E-state index contributed by atoms with van der Waals surface area (Å²) in [7, 11) is -3.33. The summed E-state index contributed by atoms with van der Waals surface area (Å²) in [6.45, 7) is 0.984. The molecule has 2 heterocycles. The minimum absolute atomic E-state index is 0.0227. The highest BCUT2D eigenvalue weighted by Gasteiger charge is 2.46. The highest BCUT2D eigenvalue weighted by atomic mass is 32.2. The topological polar surface area (TPSA) is 75.7 Å². The Labute approximate surface area is 136 Å². The zero-order chi connectivity index (χ0) is 16.4. The first-order valence-corrected chi connectivity index (χ1v) is 9.75. The molecule has 23 heavy (non-hydrogen) atoms. The number of amides is 1. The van der Waals surface area contributed by atoms with E-state index >= 15 is 0 Å². The first kappa shape index (κ1) is 16.4. The van der Waals surface area contributed by atoms with E-state index in [-0.39, 0.29) is 24.1 Å². The highest BCUT2D eigenvalue weighted by Crippen LogP contribution is 2.29. The maximum Gasteiger partial charge on any atom is 0.227 e. The molecule has 1 aromatic rings. The normalized spacial score (nSPS) is 27.7. The third-order valence-electron chi connectivity index (χ3n) is 4.41. The molecule has 3 atom stereocenters. The zero-order valence-corrected chi connectivity index (χ0v) is 14.0. The number of carbonyl (C=O) groups is 1. The number of benzene rings is 1. The van der Waals surface area contributed by atoms with Crippen molar-refractivity contribution in [1.82, 2.24) is 9.62 Å². The Balaban J connectivity index is 1.74. The lowest BCUT2D eigenvalue weighted by molar-refractivity contribution is -0.133. The zero-order valence-electron chi connectivity index (χ0n) is 13.1. The average Bonchev–Trinajstić information content (AvgIpc) is 2.86. The van der Waals surface area contributed by atoms with Crippen molar-refractivity contribution in [2.24, 2.45) is 0 Å². The van der Waals surface area contributed by atoms with Crippen molar-refractivity contribution < 1.29 is 17.9 Å². The van der Waals surface area contributed by atoms with Crippen LogP contribution in [0.25, 0.3) is 0 Å². The van der Waals surface area contributed by atoms with E-state index in [0.29, 0.717) is 19.6 Å². The van der Waals surface area contributed by atoms with Crippen LogP contribution in [0.2, 0.25) is 0 Å². The van der Waals surface area contributed by atoms with Gasteiger partial charge in [0, 0.05) is 13.2 Å². The second kappa shape index (κ2) is 6.59. The van der Waals surface area contributed by atoms with Crippen LogP contribution in [0.15, 0.2) is 30.3 Å².